The molecule has 0 aliphatic carbocycles. The van der Waals surface area contributed by atoms with Gasteiger partial charge in [-0.2, -0.15) is 0 Å². The quantitative estimate of drug-likeness (QED) is 0.856. The number of halogens is 1. The summed E-state index contributed by atoms with van der Waals surface area (Å²) in [4.78, 5) is 6.58. The summed E-state index contributed by atoms with van der Waals surface area (Å²) in [7, 11) is 0. The third-order valence-electron chi connectivity index (χ3n) is 3.34. The Hall–Kier alpha value is -2.30. The minimum atomic E-state index is -0.607. The fourth-order valence-corrected chi connectivity index (χ4v) is 2.09. The van der Waals surface area contributed by atoms with Gasteiger partial charge in [-0.3, -0.25) is 0 Å². The molecule has 1 heterocycles. The van der Waals surface area contributed by atoms with Crippen LogP contribution in [0, 0.1) is 5.82 Å². The topological polar surface area (TPSA) is 48.4 Å². The summed E-state index contributed by atoms with van der Waals surface area (Å²) < 4.78 is 13.2. The minimum Gasteiger partial charge on any atom is -0.505 e. The van der Waals surface area contributed by atoms with E-state index in [9.17, 15) is 4.39 Å². The summed E-state index contributed by atoms with van der Waals surface area (Å²) in [5.41, 5.74) is 1.64. The molecule has 0 amide bonds. The largest absolute Gasteiger partial charge is 0.505 e. The van der Waals surface area contributed by atoms with Gasteiger partial charge in [-0.15, -0.1) is 0 Å². The second-order valence-electron chi connectivity index (χ2n) is 4.72. The molecule has 0 unspecified atom stereocenters. The zero-order valence-corrected chi connectivity index (χ0v) is 12.3. The van der Waals surface area contributed by atoms with E-state index in [1.54, 1.807) is 12.3 Å². The molecule has 0 spiro atoms. The molecular weight excluding hydrogens is 269 g/mol. The van der Waals surface area contributed by atoms with E-state index in [-0.39, 0.29) is 5.75 Å². The average Bonchev–Trinajstić information content (AvgIpc) is 2.51. The second-order valence-corrected chi connectivity index (χ2v) is 4.72. The van der Waals surface area contributed by atoms with Crippen molar-refractivity contribution in [1.29, 1.82) is 0 Å². The molecule has 0 saturated carbocycles. The SMILES string of the molecule is CCN(CC)c1ccc(NCc2ccc(O)c(F)c2)cn1. The van der Waals surface area contributed by atoms with Gasteiger partial charge in [-0.25, -0.2) is 9.37 Å². The normalized spacial score (nSPS) is 10.4. The van der Waals surface area contributed by atoms with Crippen LogP contribution in [-0.4, -0.2) is 23.2 Å². The number of benzene rings is 1. The molecule has 0 atom stereocenters. The van der Waals surface area contributed by atoms with Gasteiger partial charge in [-0.05, 0) is 43.7 Å². The van der Waals surface area contributed by atoms with Gasteiger partial charge < -0.3 is 15.3 Å². The van der Waals surface area contributed by atoms with E-state index in [0.29, 0.717) is 6.54 Å². The van der Waals surface area contributed by atoms with Gasteiger partial charge in [-0.1, -0.05) is 6.07 Å². The van der Waals surface area contributed by atoms with Gasteiger partial charge in [0.25, 0.3) is 0 Å². The molecule has 1 aromatic carbocycles. The minimum absolute atomic E-state index is 0.330. The van der Waals surface area contributed by atoms with Crippen LogP contribution in [-0.2, 0) is 6.54 Å². The average molecular weight is 289 g/mol. The highest BCUT2D eigenvalue weighted by Gasteiger charge is 2.04. The van der Waals surface area contributed by atoms with E-state index in [0.717, 1.165) is 30.2 Å². The number of nitrogens with zero attached hydrogens (tertiary/aromatic N) is 2. The van der Waals surface area contributed by atoms with Gasteiger partial charge in [0.05, 0.1) is 11.9 Å². The maximum absolute atomic E-state index is 13.2. The van der Waals surface area contributed by atoms with Crippen LogP contribution in [0.1, 0.15) is 19.4 Å². The number of aromatic hydroxyl groups is 1. The lowest BCUT2D eigenvalue weighted by Crippen LogP contribution is -2.22. The number of aromatic nitrogens is 1. The Morgan fingerprint density at radius 2 is 1.95 bits per heavy atom. The lowest BCUT2D eigenvalue weighted by Gasteiger charge is -2.19. The van der Waals surface area contributed by atoms with Crippen LogP contribution in [0.15, 0.2) is 36.5 Å². The van der Waals surface area contributed by atoms with E-state index in [1.165, 1.54) is 12.1 Å². The van der Waals surface area contributed by atoms with Gasteiger partial charge in [0.1, 0.15) is 5.82 Å². The third-order valence-corrected chi connectivity index (χ3v) is 3.34. The van der Waals surface area contributed by atoms with Crippen LogP contribution in [0.2, 0.25) is 0 Å². The summed E-state index contributed by atoms with van der Waals surface area (Å²) >= 11 is 0. The first-order valence-electron chi connectivity index (χ1n) is 7.06. The van der Waals surface area contributed by atoms with E-state index in [2.05, 4.69) is 29.0 Å². The van der Waals surface area contributed by atoms with Crippen molar-refractivity contribution in [1.82, 2.24) is 4.98 Å². The molecule has 2 rings (SSSR count). The molecule has 4 nitrogen and oxygen atoms in total. The maximum atomic E-state index is 13.2. The fraction of sp³-hybridized carbons (Fsp3) is 0.312. The van der Waals surface area contributed by atoms with Crippen molar-refractivity contribution in [3.8, 4) is 5.75 Å². The Kier molecular flexibility index (Phi) is 4.98. The highest BCUT2D eigenvalue weighted by Crippen LogP contribution is 2.18. The molecular formula is C16H20FN3O. The summed E-state index contributed by atoms with van der Waals surface area (Å²) in [5.74, 6) is 0.00882. The van der Waals surface area contributed by atoms with E-state index in [1.807, 2.05) is 12.1 Å². The van der Waals surface area contributed by atoms with Crippen molar-refractivity contribution in [3.63, 3.8) is 0 Å². The zero-order valence-electron chi connectivity index (χ0n) is 12.3. The molecule has 0 aliphatic rings. The second kappa shape index (κ2) is 6.92. The van der Waals surface area contributed by atoms with Gasteiger partial charge in [0.15, 0.2) is 11.6 Å². The van der Waals surface area contributed by atoms with Crippen LogP contribution >= 0.6 is 0 Å². The van der Waals surface area contributed by atoms with Gasteiger partial charge in [0, 0.05) is 19.6 Å². The molecule has 0 fully saturated rings. The number of hydrogen-bond acceptors (Lipinski definition) is 4. The molecule has 0 bridgehead atoms. The Bertz CT molecular complexity index is 583. The zero-order chi connectivity index (χ0) is 15.2. The third kappa shape index (κ3) is 3.84. The molecule has 0 aliphatic heterocycles. The van der Waals surface area contributed by atoms with Crippen molar-refractivity contribution < 1.29 is 9.50 Å². The van der Waals surface area contributed by atoms with Crippen molar-refractivity contribution in [2.24, 2.45) is 0 Å². The van der Waals surface area contributed by atoms with Crippen molar-refractivity contribution >= 4 is 11.5 Å². The molecule has 112 valence electrons. The Balaban J connectivity index is 1.98. The summed E-state index contributed by atoms with van der Waals surface area (Å²) in [6.07, 6.45) is 1.77. The van der Waals surface area contributed by atoms with Gasteiger partial charge in [0.2, 0.25) is 0 Å². The van der Waals surface area contributed by atoms with Crippen LogP contribution < -0.4 is 10.2 Å². The summed E-state index contributed by atoms with van der Waals surface area (Å²) in [6.45, 7) is 6.50. The van der Waals surface area contributed by atoms with Crippen molar-refractivity contribution in [3.05, 3.63) is 47.9 Å². The fourth-order valence-electron chi connectivity index (χ4n) is 2.09. The number of anilines is 2. The lowest BCUT2D eigenvalue weighted by molar-refractivity contribution is 0.432. The standard InChI is InChI=1S/C16H20FN3O/c1-3-20(4-2)16-8-6-13(11-19-16)18-10-12-5-7-15(21)14(17)9-12/h5-9,11,18,21H,3-4,10H2,1-2H3. The van der Waals surface area contributed by atoms with E-state index in [4.69, 9.17) is 5.11 Å². The molecule has 2 N–H and O–H groups in total. The van der Waals surface area contributed by atoms with Gasteiger partial charge >= 0.3 is 0 Å². The smallest absolute Gasteiger partial charge is 0.165 e. The molecule has 21 heavy (non-hydrogen) atoms. The summed E-state index contributed by atoms with van der Waals surface area (Å²) in [5, 5.41) is 12.3. The number of phenols is 1. The number of hydrogen-bond donors (Lipinski definition) is 2. The molecule has 1 aromatic heterocycles. The number of nitrogens with one attached hydrogen (secondary N) is 1. The summed E-state index contributed by atoms with van der Waals surface area (Å²) in [6, 6.07) is 8.28. The first kappa shape index (κ1) is 15.1. The number of rotatable bonds is 6. The number of phenolic OH excluding ortho intramolecular Hbond substituents is 1. The Morgan fingerprint density at radius 3 is 2.52 bits per heavy atom. The van der Waals surface area contributed by atoms with Crippen LogP contribution in [0.25, 0.3) is 0 Å². The monoisotopic (exact) mass is 289 g/mol. The van der Waals surface area contributed by atoms with Crippen LogP contribution in [0.4, 0.5) is 15.9 Å². The highest BCUT2D eigenvalue weighted by atomic mass is 19.1. The van der Waals surface area contributed by atoms with Crippen molar-refractivity contribution in [2.75, 3.05) is 23.3 Å². The van der Waals surface area contributed by atoms with Crippen LogP contribution in [0.3, 0.4) is 0 Å². The van der Waals surface area contributed by atoms with Crippen molar-refractivity contribution in [2.45, 2.75) is 20.4 Å². The van der Waals surface area contributed by atoms with E-state index < -0.39 is 5.82 Å². The Labute approximate surface area is 124 Å². The predicted molar refractivity (Wildman–Crippen MR) is 83.2 cm³/mol. The predicted octanol–water partition coefficient (Wildman–Crippen LogP) is 3.38. The van der Waals surface area contributed by atoms with Crippen LogP contribution in [0.5, 0.6) is 5.75 Å². The molecule has 0 saturated heterocycles. The molecule has 0 radical (unpaired) electrons. The lowest BCUT2D eigenvalue weighted by atomic mass is 10.2. The number of pyridine rings is 1. The van der Waals surface area contributed by atoms with E-state index >= 15 is 0 Å². The first-order chi connectivity index (χ1) is 10.1. The molecule has 2 aromatic rings. The Morgan fingerprint density at radius 1 is 1.19 bits per heavy atom. The maximum Gasteiger partial charge on any atom is 0.165 e. The first-order valence-corrected chi connectivity index (χ1v) is 7.06. The highest BCUT2D eigenvalue weighted by molar-refractivity contribution is 5.49. The molecule has 5 heteroatoms.